The molecule has 2 aromatic heterocycles. The van der Waals surface area contributed by atoms with Crippen molar-refractivity contribution in [3.05, 3.63) is 29.3 Å². The van der Waals surface area contributed by atoms with Gasteiger partial charge < -0.3 is 10.2 Å². The topological polar surface area (TPSA) is 45.2 Å². The molecule has 3 aliphatic rings. The minimum absolute atomic E-state index is 0. The SMILES string of the molecule is C.O=C(N[C@H]1CN2CCC1CC2)c1ccc2ccsc2n1. The van der Waals surface area contributed by atoms with Gasteiger partial charge in [0.25, 0.3) is 5.91 Å². The molecular weight excluding hydrogens is 282 g/mol. The van der Waals surface area contributed by atoms with Gasteiger partial charge in [-0.3, -0.25) is 4.79 Å². The van der Waals surface area contributed by atoms with Crippen molar-refractivity contribution in [1.29, 1.82) is 0 Å². The quantitative estimate of drug-likeness (QED) is 0.928. The third-order valence-corrected chi connectivity index (χ3v) is 5.34. The Morgan fingerprint density at radius 1 is 1.29 bits per heavy atom. The number of hydrogen-bond acceptors (Lipinski definition) is 4. The maximum Gasteiger partial charge on any atom is 0.270 e. The van der Waals surface area contributed by atoms with Gasteiger partial charge in [0.05, 0.1) is 0 Å². The Hall–Kier alpha value is -1.46. The number of rotatable bonds is 2. The number of nitrogens with zero attached hydrogens (tertiary/aromatic N) is 2. The van der Waals surface area contributed by atoms with Crippen LogP contribution in [-0.4, -0.2) is 41.5 Å². The molecule has 3 aliphatic heterocycles. The number of aromatic nitrogens is 1. The van der Waals surface area contributed by atoms with E-state index in [1.165, 1.54) is 25.9 Å². The van der Waals surface area contributed by atoms with Gasteiger partial charge in [-0.15, -0.1) is 11.3 Å². The van der Waals surface area contributed by atoms with Crippen molar-refractivity contribution in [2.24, 2.45) is 5.92 Å². The lowest BCUT2D eigenvalue weighted by molar-refractivity contribution is 0.0618. The summed E-state index contributed by atoms with van der Waals surface area (Å²) >= 11 is 1.58. The number of hydrogen-bond donors (Lipinski definition) is 1. The van der Waals surface area contributed by atoms with Crippen molar-refractivity contribution in [3.8, 4) is 0 Å². The molecule has 21 heavy (non-hydrogen) atoms. The normalized spacial score (nSPS) is 27.3. The summed E-state index contributed by atoms with van der Waals surface area (Å²) < 4.78 is 0. The molecule has 2 aromatic rings. The summed E-state index contributed by atoms with van der Waals surface area (Å²) in [7, 11) is 0. The maximum absolute atomic E-state index is 12.4. The summed E-state index contributed by atoms with van der Waals surface area (Å²) in [6.45, 7) is 3.38. The third kappa shape index (κ3) is 2.68. The highest BCUT2D eigenvalue weighted by Gasteiger charge is 2.35. The van der Waals surface area contributed by atoms with E-state index in [-0.39, 0.29) is 13.3 Å². The number of nitrogens with one attached hydrogen (secondary N) is 1. The fraction of sp³-hybridized carbons (Fsp3) is 0.500. The van der Waals surface area contributed by atoms with E-state index in [2.05, 4.69) is 15.2 Å². The van der Waals surface area contributed by atoms with E-state index in [0.717, 1.165) is 16.8 Å². The molecule has 0 aromatic carbocycles. The molecular formula is C16H21N3OS. The van der Waals surface area contributed by atoms with Gasteiger partial charge in [0.15, 0.2) is 0 Å². The Bertz CT molecular complexity index is 646. The van der Waals surface area contributed by atoms with Crippen LogP contribution < -0.4 is 5.32 Å². The van der Waals surface area contributed by atoms with Crippen LogP contribution in [0.3, 0.4) is 0 Å². The van der Waals surface area contributed by atoms with Crippen LogP contribution in [0.1, 0.15) is 30.8 Å². The van der Waals surface area contributed by atoms with Gasteiger partial charge in [-0.1, -0.05) is 7.43 Å². The number of piperidine rings is 3. The lowest BCUT2D eigenvalue weighted by Gasteiger charge is -2.44. The second-order valence-corrected chi connectivity index (χ2v) is 6.62. The summed E-state index contributed by atoms with van der Waals surface area (Å²) in [5, 5.41) is 6.30. The number of carbonyl (C=O) groups is 1. The van der Waals surface area contributed by atoms with E-state index >= 15 is 0 Å². The molecule has 5 heterocycles. The Balaban J connectivity index is 0.00000132. The Kier molecular flexibility index (Phi) is 3.95. The molecule has 112 valence electrons. The highest BCUT2D eigenvalue weighted by atomic mass is 32.1. The summed E-state index contributed by atoms with van der Waals surface area (Å²) in [5.74, 6) is 0.619. The molecule has 3 saturated heterocycles. The van der Waals surface area contributed by atoms with Crippen LogP contribution in [0.2, 0.25) is 0 Å². The van der Waals surface area contributed by atoms with Crippen molar-refractivity contribution in [2.75, 3.05) is 19.6 Å². The minimum Gasteiger partial charge on any atom is -0.346 e. The lowest BCUT2D eigenvalue weighted by Crippen LogP contribution is -2.57. The Labute approximate surface area is 129 Å². The molecule has 2 bridgehead atoms. The average molecular weight is 303 g/mol. The summed E-state index contributed by atoms with van der Waals surface area (Å²) in [6.07, 6.45) is 2.42. The van der Waals surface area contributed by atoms with Gasteiger partial charge in [-0.2, -0.15) is 0 Å². The molecule has 4 nitrogen and oxygen atoms in total. The van der Waals surface area contributed by atoms with E-state index in [1.54, 1.807) is 11.3 Å². The van der Waals surface area contributed by atoms with E-state index in [0.29, 0.717) is 17.7 Å². The smallest absolute Gasteiger partial charge is 0.270 e. The zero-order valence-electron chi connectivity index (χ0n) is 11.2. The molecule has 5 heteroatoms. The van der Waals surface area contributed by atoms with Crippen molar-refractivity contribution < 1.29 is 4.79 Å². The maximum atomic E-state index is 12.4. The first kappa shape index (κ1) is 14.5. The first-order valence-electron chi connectivity index (χ1n) is 7.17. The molecule has 5 rings (SSSR count). The molecule has 1 atom stereocenters. The van der Waals surface area contributed by atoms with E-state index in [1.807, 2.05) is 23.6 Å². The van der Waals surface area contributed by atoms with E-state index in [9.17, 15) is 4.79 Å². The number of thiophene rings is 1. The van der Waals surface area contributed by atoms with Gasteiger partial charge in [-0.05, 0) is 55.4 Å². The predicted octanol–water partition coefficient (Wildman–Crippen LogP) is 2.76. The van der Waals surface area contributed by atoms with Gasteiger partial charge in [0.2, 0.25) is 0 Å². The van der Waals surface area contributed by atoms with Crippen LogP contribution in [0, 0.1) is 5.92 Å². The van der Waals surface area contributed by atoms with Crippen molar-refractivity contribution in [1.82, 2.24) is 15.2 Å². The zero-order chi connectivity index (χ0) is 13.5. The zero-order valence-corrected chi connectivity index (χ0v) is 12.0. The minimum atomic E-state index is -0.0287. The number of pyridine rings is 1. The molecule has 1 N–H and O–H groups in total. The van der Waals surface area contributed by atoms with Crippen LogP contribution >= 0.6 is 11.3 Å². The van der Waals surface area contributed by atoms with Crippen LogP contribution in [0.5, 0.6) is 0 Å². The average Bonchev–Trinajstić information content (AvgIpc) is 2.96. The molecule has 0 aliphatic carbocycles. The van der Waals surface area contributed by atoms with Gasteiger partial charge in [0, 0.05) is 18.0 Å². The number of fused-ring (bicyclic) bond motifs is 4. The predicted molar refractivity (Wildman–Crippen MR) is 86.8 cm³/mol. The molecule has 0 unspecified atom stereocenters. The largest absolute Gasteiger partial charge is 0.346 e. The Morgan fingerprint density at radius 3 is 2.81 bits per heavy atom. The standard InChI is InChI=1S/C15H17N3OS.CH4/c19-14(12-2-1-11-5-8-20-15(11)17-12)16-13-9-18-6-3-10(13)4-7-18;/h1-2,5,8,10,13H,3-4,6-7,9H2,(H,16,19);1H4/t13-;/m0./s1. The summed E-state index contributed by atoms with van der Waals surface area (Å²) in [6, 6.07) is 6.13. The monoisotopic (exact) mass is 303 g/mol. The second-order valence-electron chi connectivity index (χ2n) is 5.73. The van der Waals surface area contributed by atoms with Crippen LogP contribution in [-0.2, 0) is 0 Å². The van der Waals surface area contributed by atoms with Crippen molar-refractivity contribution >= 4 is 27.5 Å². The number of amides is 1. The summed E-state index contributed by atoms with van der Waals surface area (Å²) in [4.78, 5) is 20.2. The molecule has 0 spiro atoms. The van der Waals surface area contributed by atoms with Crippen LogP contribution in [0.25, 0.3) is 10.2 Å². The van der Waals surface area contributed by atoms with Gasteiger partial charge in [0.1, 0.15) is 10.5 Å². The number of carbonyl (C=O) groups excluding carboxylic acids is 1. The van der Waals surface area contributed by atoms with E-state index < -0.39 is 0 Å². The van der Waals surface area contributed by atoms with Gasteiger partial charge in [-0.25, -0.2) is 4.98 Å². The highest BCUT2D eigenvalue weighted by molar-refractivity contribution is 7.16. The van der Waals surface area contributed by atoms with Crippen molar-refractivity contribution in [2.45, 2.75) is 26.3 Å². The van der Waals surface area contributed by atoms with Crippen LogP contribution in [0.4, 0.5) is 0 Å². The molecule has 0 radical (unpaired) electrons. The highest BCUT2D eigenvalue weighted by Crippen LogP contribution is 2.27. The molecule has 3 fully saturated rings. The third-order valence-electron chi connectivity index (χ3n) is 4.52. The van der Waals surface area contributed by atoms with E-state index in [4.69, 9.17) is 0 Å². The fourth-order valence-electron chi connectivity index (χ4n) is 3.34. The first-order chi connectivity index (χ1) is 9.79. The van der Waals surface area contributed by atoms with Crippen LogP contribution in [0.15, 0.2) is 23.6 Å². The summed E-state index contributed by atoms with van der Waals surface area (Å²) in [5.41, 5.74) is 0.538. The van der Waals surface area contributed by atoms with Gasteiger partial charge >= 0.3 is 0 Å². The molecule has 1 amide bonds. The Morgan fingerprint density at radius 2 is 2.10 bits per heavy atom. The lowest BCUT2D eigenvalue weighted by atomic mass is 9.84. The van der Waals surface area contributed by atoms with Crippen molar-refractivity contribution in [3.63, 3.8) is 0 Å². The first-order valence-corrected chi connectivity index (χ1v) is 8.05. The fourth-order valence-corrected chi connectivity index (χ4v) is 4.11. The molecule has 0 saturated carbocycles. The second kappa shape index (κ2) is 5.73.